The number of hydrogen-bond acceptors (Lipinski definition) is 4. The van der Waals surface area contributed by atoms with Crippen molar-refractivity contribution in [3.63, 3.8) is 0 Å². The van der Waals surface area contributed by atoms with E-state index in [2.05, 4.69) is 79.8 Å². The van der Waals surface area contributed by atoms with E-state index < -0.39 is 0 Å². The van der Waals surface area contributed by atoms with Crippen molar-refractivity contribution >= 4 is 41.5 Å². The summed E-state index contributed by atoms with van der Waals surface area (Å²) in [7, 11) is 0. The average Bonchev–Trinajstić information content (AvgIpc) is 2.71. The van der Waals surface area contributed by atoms with E-state index >= 15 is 0 Å². The molecule has 0 radical (unpaired) electrons. The molecule has 1 fully saturated rings. The number of thioether (sulfide) groups is 2. The van der Waals surface area contributed by atoms with Gasteiger partial charge in [-0.15, -0.1) is 23.5 Å². The van der Waals surface area contributed by atoms with Crippen LogP contribution in [0.5, 0.6) is 0 Å². The third kappa shape index (κ3) is 5.19. The summed E-state index contributed by atoms with van der Waals surface area (Å²) >= 11 is 3.45. The second kappa shape index (κ2) is 9.64. The molecule has 0 aromatic heterocycles. The second-order valence-corrected chi connectivity index (χ2v) is 8.97. The lowest BCUT2D eigenvalue weighted by molar-refractivity contribution is -0.113. The molecule has 2 nitrogen and oxygen atoms in total. The number of likely N-dealkylation sites (tertiary alicyclic amines) is 1. The standard InChI is InChI=1S/C24H27NOS2/c1-17(2)25-15-20(13-18-5-9-22(27-3)10-6-18)24(26)21(16-25)14-19-7-11-23(28-4)12-8-19/h5-14,17H,15-16H2,1-4H3/b20-13+,21-14+. The summed E-state index contributed by atoms with van der Waals surface area (Å²) in [5.41, 5.74) is 3.89. The zero-order valence-electron chi connectivity index (χ0n) is 16.9. The van der Waals surface area contributed by atoms with Gasteiger partial charge in [-0.1, -0.05) is 24.3 Å². The van der Waals surface area contributed by atoms with E-state index in [9.17, 15) is 4.79 Å². The highest BCUT2D eigenvalue weighted by molar-refractivity contribution is 7.98. The van der Waals surface area contributed by atoms with Crippen molar-refractivity contribution in [1.82, 2.24) is 4.90 Å². The van der Waals surface area contributed by atoms with Crippen LogP contribution >= 0.6 is 23.5 Å². The number of benzene rings is 2. The molecule has 2 aromatic carbocycles. The highest BCUT2D eigenvalue weighted by atomic mass is 32.2. The van der Waals surface area contributed by atoms with E-state index in [1.807, 2.05) is 12.2 Å². The van der Waals surface area contributed by atoms with Gasteiger partial charge >= 0.3 is 0 Å². The van der Waals surface area contributed by atoms with Gasteiger partial charge in [-0.3, -0.25) is 9.69 Å². The van der Waals surface area contributed by atoms with Crippen LogP contribution in [0.15, 0.2) is 69.5 Å². The van der Waals surface area contributed by atoms with Crippen LogP contribution in [-0.2, 0) is 4.79 Å². The Morgan fingerprint density at radius 2 is 1.18 bits per heavy atom. The average molecular weight is 410 g/mol. The Kier molecular flexibility index (Phi) is 7.22. The molecule has 2 aromatic rings. The number of Topliss-reactive ketones (excluding diaryl/α,β-unsaturated/α-hetero) is 1. The van der Waals surface area contributed by atoms with Crippen molar-refractivity contribution in [1.29, 1.82) is 0 Å². The predicted molar refractivity (Wildman–Crippen MR) is 124 cm³/mol. The fourth-order valence-electron chi connectivity index (χ4n) is 3.23. The van der Waals surface area contributed by atoms with Crippen LogP contribution in [0.25, 0.3) is 12.2 Å². The zero-order chi connectivity index (χ0) is 20.1. The van der Waals surface area contributed by atoms with Crippen LogP contribution in [0.1, 0.15) is 25.0 Å². The number of nitrogens with zero attached hydrogens (tertiary/aromatic N) is 1. The van der Waals surface area contributed by atoms with Crippen molar-refractivity contribution in [3.8, 4) is 0 Å². The fourth-order valence-corrected chi connectivity index (χ4v) is 4.05. The van der Waals surface area contributed by atoms with Gasteiger partial charge in [0.15, 0.2) is 5.78 Å². The first kappa shape index (κ1) is 21.0. The lowest BCUT2D eigenvalue weighted by Crippen LogP contribution is -2.41. The number of piperidine rings is 1. The van der Waals surface area contributed by atoms with Gasteiger partial charge in [0.05, 0.1) is 0 Å². The molecule has 146 valence electrons. The highest BCUT2D eigenvalue weighted by Crippen LogP contribution is 2.25. The van der Waals surface area contributed by atoms with Crippen molar-refractivity contribution in [3.05, 3.63) is 70.8 Å². The van der Waals surface area contributed by atoms with E-state index in [0.717, 1.165) is 22.3 Å². The quantitative estimate of drug-likeness (QED) is 0.453. The van der Waals surface area contributed by atoms with Crippen LogP contribution in [0.2, 0.25) is 0 Å². The summed E-state index contributed by atoms with van der Waals surface area (Å²) in [5, 5.41) is 0. The fraction of sp³-hybridized carbons (Fsp3) is 0.292. The van der Waals surface area contributed by atoms with Gasteiger partial charge in [-0.2, -0.15) is 0 Å². The van der Waals surface area contributed by atoms with Gasteiger partial charge in [0.1, 0.15) is 0 Å². The van der Waals surface area contributed by atoms with Crippen LogP contribution in [-0.4, -0.2) is 42.3 Å². The first-order valence-corrected chi connectivity index (χ1v) is 11.9. The molecule has 0 N–H and O–H groups in total. The minimum Gasteiger partial charge on any atom is -0.292 e. The van der Waals surface area contributed by atoms with Gasteiger partial charge < -0.3 is 0 Å². The topological polar surface area (TPSA) is 20.3 Å². The predicted octanol–water partition coefficient (Wildman–Crippen LogP) is 5.89. The normalized spacial score (nSPS) is 18.4. The summed E-state index contributed by atoms with van der Waals surface area (Å²) in [4.78, 5) is 18.0. The minimum absolute atomic E-state index is 0.166. The maximum absolute atomic E-state index is 13.2. The molecule has 0 amide bonds. The van der Waals surface area contributed by atoms with Crippen LogP contribution in [0.3, 0.4) is 0 Å². The van der Waals surface area contributed by atoms with E-state index in [1.165, 1.54) is 9.79 Å². The molecule has 0 unspecified atom stereocenters. The zero-order valence-corrected chi connectivity index (χ0v) is 18.6. The number of ketones is 1. The van der Waals surface area contributed by atoms with Crippen molar-refractivity contribution < 1.29 is 4.79 Å². The van der Waals surface area contributed by atoms with Gasteiger partial charge in [-0.25, -0.2) is 0 Å². The smallest absolute Gasteiger partial charge is 0.187 e. The lowest BCUT2D eigenvalue weighted by atomic mass is 9.93. The van der Waals surface area contributed by atoms with E-state index in [-0.39, 0.29) is 5.78 Å². The maximum atomic E-state index is 13.2. The Morgan fingerprint density at radius 1 is 0.786 bits per heavy atom. The summed E-state index contributed by atoms with van der Waals surface area (Å²) in [6, 6.07) is 17.2. The molecule has 0 saturated carbocycles. The van der Waals surface area contributed by atoms with Crippen molar-refractivity contribution in [2.45, 2.75) is 29.7 Å². The second-order valence-electron chi connectivity index (χ2n) is 7.21. The first-order valence-electron chi connectivity index (χ1n) is 9.48. The summed E-state index contributed by atoms with van der Waals surface area (Å²) < 4.78 is 0. The molecular formula is C24H27NOS2. The van der Waals surface area contributed by atoms with Gasteiger partial charge in [-0.05, 0) is 73.9 Å². The summed E-state index contributed by atoms with van der Waals surface area (Å²) in [6.07, 6.45) is 8.24. The Morgan fingerprint density at radius 3 is 1.50 bits per heavy atom. The molecule has 1 aliphatic heterocycles. The molecule has 1 heterocycles. The summed E-state index contributed by atoms with van der Waals surface area (Å²) in [5.74, 6) is 0.166. The van der Waals surface area contributed by atoms with E-state index in [1.54, 1.807) is 23.5 Å². The van der Waals surface area contributed by atoms with Crippen LogP contribution in [0, 0.1) is 0 Å². The molecule has 0 spiro atoms. The number of carbonyl (C=O) groups excluding carboxylic acids is 1. The van der Waals surface area contributed by atoms with Crippen LogP contribution < -0.4 is 0 Å². The number of carbonyl (C=O) groups is 1. The van der Waals surface area contributed by atoms with Crippen molar-refractivity contribution in [2.24, 2.45) is 0 Å². The van der Waals surface area contributed by atoms with Gasteiger partial charge in [0, 0.05) is 40.1 Å². The Labute approximate surface area is 177 Å². The van der Waals surface area contributed by atoms with Crippen molar-refractivity contribution in [2.75, 3.05) is 25.6 Å². The lowest BCUT2D eigenvalue weighted by Gasteiger charge is -2.32. The molecule has 0 atom stereocenters. The molecule has 1 aliphatic rings. The third-order valence-corrected chi connectivity index (χ3v) is 6.46. The molecule has 28 heavy (non-hydrogen) atoms. The van der Waals surface area contributed by atoms with Crippen LogP contribution in [0.4, 0.5) is 0 Å². The summed E-state index contributed by atoms with van der Waals surface area (Å²) in [6.45, 7) is 5.77. The number of hydrogen-bond donors (Lipinski definition) is 0. The molecule has 0 aliphatic carbocycles. The largest absolute Gasteiger partial charge is 0.292 e. The van der Waals surface area contributed by atoms with E-state index in [0.29, 0.717) is 19.1 Å². The minimum atomic E-state index is 0.166. The number of rotatable bonds is 5. The molecule has 1 saturated heterocycles. The monoisotopic (exact) mass is 409 g/mol. The molecule has 4 heteroatoms. The third-order valence-electron chi connectivity index (χ3n) is 4.97. The Bertz CT molecular complexity index is 810. The van der Waals surface area contributed by atoms with E-state index in [4.69, 9.17) is 0 Å². The molecule has 0 bridgehead atoms. The Hall–Kier alpha value is -1.75. The van der Waals surface area contributed by atoms with Gasteiger partial charge in [0.2, 0.25) is 0 Å². The highest BCUT2D eigenvalue weighted by Gasteiger charge is 2.27. The molecule has 3 rings (SSSR count). The first-order chi connectivity index (χ1) is 13.5. The van der Waals surface area contributed by atoms with Gasteiger partial charge in [0.25, 0.3) is 0 Å². The molecular weight excluding hydrogens is 382 g/mol. The SMILES string of the molecule is CSc1ccc(/C=C2\CN(C(C)C)C/C(=C\c3ccc(SC)cc3)C2=O)cc1. The Balaban J connectivity index is 1.92. The maximum Gasteiger partial charge on any atom is 0.187 e.